The van der Waals surface area contributed by atoms with Gasteiger partial charge in [-0.3, -0.25) is 9.36 Å². The number of fused-ring (bicyclic) bond motifs is 1. The number of nitrogens with zero attached hydrogens (tertiary/aromatic N) is 3. The van der Waals surface area contributed by atoms with Crippen LogP contribution in [0.1, 0.15) is 24.4 Å². The molecule has 0 aliphatic carbocycles. The van der Waals surface area contributed by atoms with Gasteiger partial charge in [-0.15, -0.1) is 11.3 Å². The Morgan fingerprint density at radius 1 is 1.06 bits per heavy atom. The van der Waals surface area contributed by atoms with Crippen LogP contribution in [0.4, 0.5) is 0 Å². The normalized spacial score (nSPS) is 15.3. The Morgan fingerprint density at radius 2 is 1.81 bits per heavy atom. The van der Waals surface area contributed by atoms with Crippen molar-refractivity contribution < 1.29 is 4.74 Å². The number of piperidine rings is 1. The number of ether oxygens (including phenoxy) is 1. The minimum Gasteiger partial charge on any atom is -0.497 e. The molecular formula is C26H27N3O2S. The highest BCUT2D eigenvalue weighted by molar-refractivity contribution is 7.17. The summed E-state index contributed by atoms with van der Waals surface area (Å²) in [5, 5.41) is 2.75. The highest BCUT2D eigenvalue weighted by Crippen LogP contribution is 2.35. The molecular weight excluding hydrogens is 418 g/mol. The smallest absolute Gasteiger partial charge is 0.263 e. The fraction of sp³-hybridized carbons (Fsp3) is 0.308. The SMILES string of the molecule is COc1cccc(-c2csc3nc(-c4ccc(C)cc4)n(C4CCN(C)CC4)c(=O)c23)c1. The second-order valence-electron chi connectivity index (χ2n) is 8.57. The first-order chi connectivity index (χ1) is 15.5. The second-order valence-corrected chi connectivity index (χ2v) is 9.43. The van der Waals surface area contributed by atoms with E-state index in [9.17, 15) is 4.79 Å². The first-order valence-corrected chi connectivity index (χ1v) is 11.9. The van der Waals surface area contributed by atoms with E-state index in [1.54, 1.807) is 7.11 Å². The van der Waals surface area contributed by atoms with Gasteiger partial charge in [0.25, 0.3) is 5.56 Å². The zero-order valence-corrected chi connectivity index (χ0v) is 19.5. The van der Waals surface area contributed by atoms with E-state index < -0.39 is 0 Å². The summed E-state index contributed by atoms with van der Waals surface area (Å²) in [5.74, 6) is 1.55. The summed E-state index contributed by atoms with van der Waals surface area (Å²) >= 11 is 1.53. The van der Waals surface area contributed by atoms with Gasteiger partial charge in [-0.1, -0.05) is 42.0 Å². The zero-order valence-electron chi connectivity index (χ0n) is 18.7. The lowest BCUT2D eigenvalue weighted by Crippen LogP contribution is -2.36. The topological polar surface area (TPSA) is 47.4 Å². The van der Waals surface area contributed by atoms with Crippen molar-refractivity contribution in [3.8, 4) is 28.3 Å². The molecule has 5 nitrogen and oxygen atoms in total. The maximum Gasteiger partial charge on any atom is 0.263 e. The average molecular weight is 446 g/mol. The number of methoxy groups -OCH3 is 1. The van der Waals surface area contributed by atoms with E-state index in [-0.39, 0.29) is 11.6 Å². The van der Waals surface area contributed by atoms with E-state index in [2.05, 4.69) is 43.1 Å². The highest BCUT2D eigenvalue weighted by atomic mass is 32.1. The molecule has 3 heterocycles. The Labute approximate surface area is 191 Å². The third-order valence-corrected chi connectivity index (χ3v) is 7.26. The molecule has 1 saturated heterocycles. The molecule has 5 rings (SSSR count). The summed E-state index contributed by atoms with van der Waals surface area (Å²) in [5.41, 5.74) is 4.15. The van der Waals surface area contributed by atoms with Crippen LogP contribution in [0.25, 0.3) is 32.7 Å². The van der Waals surface area contributed by atoms with Gasteiger partial charge >= 0.3 is 0 Å². The molecule has 0 radical (unpaired) electrons. The number of hydrogen-bond acceptors (Lipinski definition) is 5. The predicted octanol–water partition coefficient (Wildman–Crippen LogP) is 5.38. The van der Waals surface area contributed by atoms with Crippen LogP contribution in [-0.4, -0.2) is 41.7 Å². The predicted molar refractivity (Wildman–Crippen MR) is 132 cm³/mol. The van der Waals surface area contributed by atoms with E-state index in [0.29, 0.717) is 5.39 Å². The minimum absolute atomic E-state index is 0.0548. The number of aromatic nitrogens is 2. The second kappa shape index (κ2) is 8.52. The molecule has 0 N–H and O–H groups in total. The fourth-order valence-corrected chi connectivity index (χ4v) is 5.44. The van der Waals surface area contributed by atoms with Crippen molar-refractivity contribution in [2.24, 2.45) is 0 Å². The number of likely N-dealkylation sites (tertiary alicyclic amines) is 1. The standard InChI is InChI=1S/C26H27N3O2S/c1-17-7-9-18(10-8-17)24-27-25-23(26(30)29(24)20-11-13-28(2)14-12-20)22(16-32-25)19-5-4-6-21(15-19)31-3/h4-10,15-16,20H,11-14H2,1-3H3. The lowest BCUT2D eigenvalue weighted by Gasteiger charge is -2.31. The van der Waals surface area contributed by atoms with Crippen LogP contribution in [0.3, 0.4) is 0 Å². The van der Waals surface area contributed by atoms with E-state index in [1.165, 1.54) is 16.9 Å². The van der Waals surface area contributed by atoms with Gasteiger partial charge < -0.3 is 9.64 Å². The van der Waals surface area contributed by atoms with E-state index in [1.807, 2.05) is 34.2 Å². The number of rotatable bonds is 4. The van der Waals surface area contributed by atoms with Crippen LogP contribution in [0, 0.1) is 6.92 Å². The van der Waals surface area contributed by atoms with Crippen molar-refractivity contribution in [3.63, 3.8) is 0 Å². The summed E-state index contributed by atoms with van der Waals surface area (Å²) < 4.78 is 7.38. The van der Waals surface area contributed by atoms with Crippen molar-refractivity contribution >= 4 is 21.6 Å². The third-order valence-electron chi connectivity index (χ3n) is 6.38. The molecule has 0 atom stereocenters. The molecule has 1 fully saturated rings. The van der Waals surface area contributed by atoms with Gasteiger partial charge in [-0.25, -0.2) is 4.98 Å². The van der Waals surface area contributed by atoms with Gasteiger partial charge in [-0.2, -0.15) is 0 Å². The van der Waals surface area contributed by atoms with Crippen LogP contribution in [0.2, 0.25) is 0 Å². The average Bonchev–Trinajstić information content (AvgIpc) is 3.25. The van der Waals surface area contributed by atoms with Crippen molar-refractivity contribution in [1.29, 1.82) is 0 Å². The maximum absolute atomic E-state index is 14.1. The largest absolute Gasteiger partial charge is 0.497 e. The van der Waals surface area contributed by atoms with Crippen LogP contribution < -0.4 is 10.3 Å². The molecule has 0 amide bonds. The van der Waals surface area contributed by atoms with Crippen molar-refractivity contribution in [3.05, 3.63) is 69.8 Å². The Bertz CT molecular complexity index is 1320. The molecule has 2 aromatic heterocycles. The number of hydrogen-bond donors (Lipinski definition) is 0. The molecule has 164 valence electrons. The number of aryl methyl sites for hydroxylation is 1. The van der Waals surface area contributed by atoms with Crippen molar-refractivity contribution in [2.75, 3.05) is 27.2 Å². The van der Waals surface area contributed by atoms with Gasteiger partial charge in [0.2, 0.25) is 0 Å². The first kappa shape index (κ1) is 20.9. The van der Waals surface area contributed by atoms with Gasteiger partial charge in [-0.05, 0) is 57.6 Å². The fourth-order valence-electron chi connectivity index (χ4n) is 4.50. The molecule has 1 aliphatic heterocycles. The number of thiophene rings is 1. The van der Waals surface area contributed by atoms with E-state index >= 15 is 0 Å². The molecule has 0 spiro atoms. The van der Waals surface area contributed by atoms with Gasteiger partial charge in [0.1, 0.15) is 16.4 Å². The molecule has 6 heteroatoms. The Kier molecular flexibility index (Phi) is 5.57. The van der Waals surface area contributed by atoms with Gasteiger partial charge in [0.15, 0.2) is 0 Å². The molecule has 0 bridgehead atoms. The van der Waals surface area contributed by atoms with Crippen LogP contribution in [-0.2, 0) is 0 Å². The van der Waals surface area contributed by atoms with Gasteiger partial charge in [0.05, 0.1) is 12.5 Å². The molecule has 0 unspecified atom stereocenters. The van der Waals surface area contributed by atoms with Crippen molar-refractivity contribution in [1.82, 2.24) is 14.5 Å². The quantitative estimate of drug-likeness (QED) is 0.423. The lowest BCUT2D eigenvalue weighted by molar-refractivity contribution is 0.219. The summed E-state index contributed by atoms with van der Waals surface area (Å²) in [6, 6.07) is 16.3. The van der Waals surface area contributed by atoms with E-state index in [4.69, 9.17) is 9.72 Å². The first-order valence-electron chi connectivity index (χ1n) is 11.0. The minimum atomic E-state index is 0.0548. The summed E-state index contributed by atoms with van der Waals surface area (Å²) in [6.45, 7) is 4.04. The summed E-state index contributed by atoms with van der Waals surface area (Å²) in [6.07, 6.45) is 1.89. The van der Waals surface area contributed by atoms with Crippen molar-refractivity contribution in [2.45, 2.75) is 25.8 Å². The maximum atomic E-state index is 14.1. The molecule has 0 saturated carbocycles. The Hall–Kier alpha value is -2.96. The van der Waals surface area contributed by atoms with Crippen LogP contribution in [0.15, 0.2) is 58.7 Å². The Balaban J connectivity index is 1.74. The highest BCUT2D eigenvalue weighted by Gasteiger charge is 2.26. The number of benzene rings is 2. The van der Waals surface area contributed by atoms with Crippen LogP contribution in [0.5, 0.6) is 5.75 Å². The summed E-state index contributed by atoms with van der Waals surface area (Å²) in [4.78, 5) is 22.2. The molecule has 2 aromatic carbocycles. The summed E-state index contributed by atoms with van der Waals surface area (Å²) in [7, 11) is 3.80. The zero-order chi connectivity index (χ0) is 22.2. The Morgan fingerprint density at radius 3 is 2.53 bits per heavy atom. The molecule has 1 aliphatic rings. The van der Waals surface area contributed by atoms with Crippen LogP contribution >= 0.6 is 11.3 Å². The van der Waals surface area contributed by atoms with E-state index in [0.717, 1.165) is 59.0 Å². The molecule has 4 aromatic rings. The van der Waals surface area contributed by atoms with Gasteiger partial charge in [0, 0.05) is 22.5 Å². The lowest BCUT2D eigenvalue weighted by atomic mass is 10.0. The third kappa shape index (κ3) is 3.74. The molecule has 32 heavy (non-hydrogen) atoms. The monoisotopic (exact) mass is 445 g/mol.